The molecule has 112 valence electrons. The average Bonchev–Trinajstić information content (AvgIpc) is 2.65. The van der Waals surface area contributed by atoms with Crippen molar-refractivity contribution in [2.75, 3.05) is 25.4 Å². The average molecular weight is 302 g/mol. The molecular formula is C17H22N2OS. The van der Waals surface area contributed by atoms with Crippen LogP contribution in [0.4, 0.5) is 0 Å². The van der Waals surface area contributed by atoms with Crippen molar-refractivity contribution in [1.29, 1.82) is 0 Å². The lowest BCUT2D eigenvalue weighted by Crippen LogP contribution is -2.33. The van der Waals surface area contributed by atoms with Crippen LogP contribution in [0.3, 0.4) is 0 Å². The summed E-state index contributed by atoms with van der Waals surface area (Å²) in [6.45, 7) is 6.45. The summed E-state index contributed by atoms with van der Waals surface area (Å²) in [5.74, 6) is 6.89. The van der Waals surface area contributed by atoms with Gasteiger partial charge in [-0.3, -0.25) is 4.79 Å². The number of thioether (sulfide) groups is 1. The van der Waals surface area contributed by atoms with E-state index in [-0.39, 0.29) is 10.7 Å². The molecule has 1 aliphatic heterocycles. The van der Waals surface area contributed by atoms with Crippen LogP contribution >= 0.6 is 11.8 Å². The highest BCUT2D eigenvalue weighted by Crippen LogP contribution is 2.31. The van der Waals surface area contributed by atoms with Gasteiger partial charge in [-0.15, -0.1) is 0 Å². The molecular weight excluding hydrogens is 280 g/mol. The van der Waals surface area contributed by atoms with E-state index in [1.54, 1.807) is 0 Å². The van der Waals surface area contributed by atoms with E-state index in [9.17, 15) is 4.79 Å². The first-order valence-corrected chi connectivity index (χ1v) is 8.23. The summed E-state index contributed by atoms with van der Waals surface area (Å²) < 4.78 is 0.253. The van der Waals surface area contributed by atoms with E-state index in [1.165, 1.54) is 0 Å². The Kier molecular flexibility index (Phi) is 5.33. The Morgan fingerprint density at radius 1 is 1.43 bits per heavy atom. The number of hydrogen-bond acceptors (Lipinski definition) is 3. The van der Waals surface area contributed by atoms with Crippen LogP contribution in [0.2, 0.25) is 0 Å². The summed E-state index contributed by atoms with van der Waals surface area (Å²) in [6.07, 6.45) is 1.02. The van der Waals surface area contributed by atoms with Crippen LogP contribution in [0.25, 0.3) is 0 Å². The van der Waals surface area contributed by atoms with Gasteiger partial charge in [-0.2, -0.15) is 11.8 Å². The van der Waals surface area contributed by atoms with Gasteiger partial charge in [0.1, 0.15) is 0 Å². The lowest BCUT2D eigenvalue weighted by molar-refractivity contribution is 0.0764. The maximum Gasteiger partial charge on any atom is 0.253 e. The Morgan fingerprint density at radius 2 is 2.24 bits per heavy atom. The van der Waals surface area contributed by atoms with E-state index in [0.29, 0.717) is 12.1 Å². The van der Waals surface area contributed by atoms with Crippen molar-refractivity contribution in [3.63, 3.8) is 0 Å². The van der Waals surface area contributed by atoms with Crippen LogP contribution in [0, 0.1) is 11.8 Å². The summed E-state index contributed by atoms with van der Waals surface area (Å²) in [7, 11) is 0. The van der Waals surface area contributed by atoms with E-state index in [1.807, 2.05) is 40.9 Å². The second-order valence-electron chi connectivity index (χ2n) is 5.74. The zero-order valence-electron chi connectivity index (χ0n) is 12.7. The first-order chi connectivity index (χ1) is 10.0. The largest absolute Gasteiger partial charge is 0.338 e. The van der Waals surface area contributed by atoms with Crippen LogP contribution in [-0.2, 0) is 0 Å². The Balaban J connectivity index is 2.12. The monoisotopic (exact) mass is 302 g/mol. The molecule has 0 aromatic heterocycles. The van der Waals surface area contributed by atoms with Gasteiger partial charge in [0.2, 0.25) is 0 Å². The van der Waals surface area contributed by atoms with E-state index in [2.05, 4.69) is 25.7 Å². The number of hydrogen-bond donors (Lipinski definition) is 1. The topological polar surface area (TPSA) is 46.3 Å². The highest BCUT2D eigenvalue weighted by atomic mass is 32.2. The summed E-state index contributed by atoms with van der Waals surface area (Å²) in [5.41, 5.74) is 6.94. The number of benzene rings is 1. The number of nitrogens with two attached hydrogens (primary N) is 1. The van der Waals surface area contributed by atoms with Gasteiger partial charge in [-0.1, -0.05) is 31.8 Å². The minimum absolute atomic E-state index is 0.102. The van der Waals surface area contributed by atoms with Crippen molar-refractivity contribution in [2.45, 2.75) is 25.0 Å². The zero-order chi connectivity index (χ0) is 15.3. The third-order valence-corrected chi connectivity index (χ3v) is 4.94. The molecule has 0 radical (unpaired) electrons. The minimum atomic E-state index is 0.102. The molecule has 0 spiro atoms. The quantitative estimate of drug-likeness (QED) is 0.810. The van der Waals surface area contributed by atoms with Gasteiger partial charge in [0.25, 0.3) is 5.91 Å². The molecule has 0 unspecified atom stereocenters. The van der Waals surface area contributed by atoms with Crippen molar-refractivity contribution in [1.82, 2.24) is 4.90 Å². The Labute approximate surface area is 131 Å². The maximum atomic E-state index is 12.6. The zero-order valence-corrected chi connectivity index (χ0v) is 13.5. The molecule has 0 bridgehead atoms. The van der Waals surface area contributed by atoms with Crippen molar-refractivity contribution in [2.24, 2.45) is 5.73 Å². The van der Waals surface area contributed by atoms with Gasteiger partial charge in [-0.25, -0.2) is 0 Å². The van der Waals surface area contributed by atoms with Crippen LogP contribution in [0.15, 0.2) is 24.3 Å². The molecule has 1 aromatic rings. The van der Waals surface area contributed by atoms with Crippen LogP contribution in [-0.4, -0.2) is 40.9 Å². The molecule has 1 amide bonds. The molecule has 1 heterocycles. The molecule has 1 saturated heterocycles. The number of rotatable bonds is 1. The predicted octanol–water partition coefficient (Wildman–Crippen LogP) is 2.35. The number of carbonyl (C=O) groups excluding carboxylic acids is 1. The highest BCUT2D eigenvalue weighted by Gasteiger charge is 2.26. The van der Waals surface area contributed by atoms with Crippen LogP contribution in [0.1, 0.15) is 36.2 Å². The van der Waals surface area contributed by atoms with Gasteiger partial charge in [-0.05, 0) is 24.6 Å². The van der Waals surface area contributed by atoms with Crippen molar-refractivity contribution in [3.05, 3.63) is 35.4 Å². The van der Waals surface area contributed by atoms with E-state index < -0.39 is 0 Å². The second-order valence-corrected chi connectivity index (χ2v) is 7.54. The molecule has 1 fully saturated rings. The Morgan fingerprint density at radius 3 is 3.00 bits per heavy atom. The molecule has 4 heteroatoms. The fourth-order valence-corrected chi connectivity index (χ4v) is 3.39. The Bertz CT molecular complexity index is 572. The fourth-order valence-electron chi connectivity index (χ4n) is 2.29. The van der Waals surface area contributed by atoms with Gasteiger partial charge >= 0.3 is 0 Å². The van der Waals surface area contributed by atoms with Gasteiger partial charge in [0.05, 0.1) is 6.54 Å². The van der Waals surface area contributed by atoms with Crippen LogP contribution in [0.5, 0.6) is 0 Å². The molecule has 21 heavy (non-hydrogen) atoms. The summed E-state index contributed by atoms with van der Waals surface area (Å²) in [4.78, 5) is 14.6. The first-order valence-electron chi connectivity index (χ1n) is 7.24. The van der Waals surface area contributed by atoms with Gasteiger partial charge in [0, 0.05) is 34.7 Å². The van der Waals surface area contributed by atoms with Gasteiger partial charge < -0.3 is 10.6 Å². The Hall–Kier alpha value is -1.44. The minimum Gasteiger partial charge on any atom is -0.338 e. The van der Waals surface area contributed by atoms with Crippen LogP contribution < -0.4 is 5.73 Å². The number of carbonyl (C=O) groups is 1. The molecule has 2 rings (SSSR count). The van der Waals surface area contributed by atoms with E-state index in [4.69, 9.17) is 5.73 Å². The third-order valence-electron chi connectivity index (χ3n) is 3.57. The first kappa shape index (κ1) is 15.9. The predicted molar refractivity (Wildman–Crippen MR) is 89.4 cm³/mol. The molecule has 0 aliphatic carbocycles. The SMILES string of the molecule is CC1(C)CCN(C(=O)c2cccc(C#CCN)c2)CCS1. The summed E-state index contributed by atoms with van der Waals surface area (Å²) >= 11 is 1.94. The number of amides is 1. The highest BCUT2D eigenvalue weighted by molar-refractivity contribution is 8.00. The lowest BCUT2D eigenvalue weighted by Gasteiger charge is -2.22. The molecule has 1 aromatic carbocycles. The smallest absolute Gasteiger partial charge is 0.253 e. The third kappa shape index (κ3) is 4.52. The normalized spacial score (nSPS) is 17.6. The molecule has 0 saturated carbocycles. The van der Waals surface area contributed by atoms with Crippen molar-refractivity contribution < 1.29 is 4.79 Å². The number of nitrogens with zero attached hydrogens (tertiary/aromatic N) is 1. The molecule has 1 aliphatic rings. The second kappa shape index (κ2) is 7.02. The molecule has 3 nitrogen and oxygen atoms in total. The van der Waals surface area contributed by atoms with E-state index >= 15 is 0 Å². The van der Waals surface area contributed by atoms with Gasteiger partial charge in [0.15, 0.2) is 0 Å². The van der Waals surface area contributed by atoms with E-state index in [0.717, 1.165) is 30.8 Å². The lowest BCUT2D eigenvalue weighted by atomic mass is 10.1. The maximum absolute atomic E-state index is 12.6. The summed E-state index contributed by atoms with van der Waals surface area (Å²) in [6, 6.07) is 7.50. The molecule has 0 atom stereocenters. The van der Waals surface area contributed by atoms with Crippen molar-refractivity contribution >= 4 is 17.7 Å². The summed E-state index contributed by atoms with van der Waals surface area (Å²) in [5, 5.41) is 0. The van der Waals surface area contributed by atoms with Crippen molar-refractivity contribution in [3.8, 4) is 11.8 Å². The standard InChI is InChI=1S/C17H22N2OS/c1-17(2)8-10-19(11-12-21-17)16(20)15-7-3-5-14(13-15)6-4-9-18/h3,5,7,13H,8-12,18H2,1-2H3. The molecule has 2 N–H and O–H groups in total. The fraction of sp³-hybridized carbons (Fsp3) is 0.471.